The van der Waals surface area contributed by atoms with Gasteiger partial charge in [-0.3, -0.25) is 15.0 Å². The van der Waals surface area contributed by atoms with Crippen molar-refractivity contribution in [3.05, 3.63) is 110 Å². The van der Waals surface area contributed by atoms with Gasteiger partial charge in [-0.2, -0.15) is 0 Å². The highest BCUT2D eigenvalue weighted by Gasteiger charge is 2.16. The van der Waals surface area contributed by atoms with E-state index in [1.54, 1.807) is 37.2 Å². The molecule has 0 radical (unpaired) electrons. The highest BCUT2D eigenvalue weighted by atomic mass is 15.4. The average molecular weight is 444 g/mol. The highest BCUT2D eigenvalue weighted by molar-refractivity contribution is 6.52. The summed E-state index contributed by atoms with van der Waals surface area (Å²) in [6, 6.07) is 17.7. The van der Waals surface area contributed by atoms with E-state index in [1.807, 2.05) is 87.0 Å². The van der Waals surface area contributed by atoms with Crippen molar-refractivity contribution in [1.29, 1.82) is 0 Å². The summed E-state index contributed by atoms with van der Waals surface area (Å²) in [6.07, 6.45) is 16.5. The Bertz CT molecular complexity index is 1320. The third-order valence-electron chi connectivity index (χ3n) is 5.72. The number of rotatable bonds is 6. The van der Waals surface area contributed by atoms with Crippen molar-refractivity contribution in [3.8, 4) is 33.8 Å². The van der Waals surface area contributed by atoms with Crippen LogP contribution in [0.1, 0.15) is 0 Å². The first kappa shape index (κ1) is 19.8. The van der Waals surface area contributed by atoms with E-state index in [1.165, 1.54) is 0 Å². The molecule has 0 saturated carbocycles. The third-order valence-corrected chi connectivity index (χ3v) is 5.72. The fourth-order valence-electron chi connectivity index (χ4n) is 4.03. The minimum atomic E-state index is -1.53. The Morgan fingerprint density at radius 1 is 0.412 bits per heavy atom. The van der Waals surface area contributed by atoms with Crippen molar-refractivity contribution in [2.75, 3.05) is 0 Å². The second kappa shape index (κ2) is 8.59. The molecule has 0 unspecified atom stereocenters. The van der Waals surface area contributed by atoms with Crippen LogP contribution in [0.25, 0.3) is 33.8 Å². The minimum absolute atomic E-state index is 0.864. The smallest absolute Gasteiger partial charge is 0.326 e. The first-order chi connectivity index (χ1) is 16.8. The van der Waals surface area contributed by atoms with E-state index in [0.29, 0.717) is 0 Å². The van der Waals surface area contributed by atoms with Gasteiger partial charge in [-0.05, 0) is 73.2 Å². The monoisotopic (exact) mass is 444 g/mol. The van der Waals surface area contributed by atoms with Crippen LogP contribution in [0.3, 0.4) is 0 Å². The second-order valence-corrected chi connectivity index (χ2v) is 7.85. The quantitative estimate of drug-likeness (QED) is 0.367. The van der Waals surface area contributed by atoms with E-state index >= 15 is 0 Å². The Kier molecular flexibility index (Phi) is 5.00. The van der Waals surface area contributed by atoms with Gasteiger partial charge in [-0.1, -0.05) is 0 Å². The molecule has 0 N–H and O–H groups in total. The zero-order valence-corrected chi connectivity index (χ0v) is 18.1. The Morgan fingerprint density at radius 2 is 0.706 bits per heavy atom. The molecule has 6 aromatic heterocycles. The van der Waals surface area contributed by atoms with Gasteiger partial charge in [0.15, 0.2) is 0 Å². The summed E-state index contributed by atoms with van der Waals surface area (Å²) in [7, 11) is -1.53. The molecule has 6 heterocycles. The number of hydrogen-bond acceptors (Lipinski definition) is 6. The van der Waals surface area contributed by atoms with Crippen LogP contribution >= 0.6 is 0 Å². The largest absolute Gasteiger partial charge is 0.402 e. The highest BCUT2D eigenvalue weighted by Crippen LogP contribution is 2.20. The predicted molar refractivity (Wildman–Crippen MR) is 130 cm³/mol. The van der Waals surface area contributed by atoms with E-state index in [4.69, 9.17) is 15.3 Å². The normalized spacial score (nSPS) is 11.2. The first-order valence-corrected chi connectivity index (χ1v) is 10.9. The third kappa shape index (κ3) is 3.77. The molecule has 34 heavy (non-hydrogen) atoms. The van der Waals surface area contributed by atoms with Gasteiger partial charge < -0.3 is 13.8 Å². The second-order valence-electron chi connectivity index (χ2n) is 7.85. The van der Waals surface area contributed by atoms with E-state index in [2.05, 4.69) is 15.0 Å². The SMILES string of the molecule is c1cc(-c2ccn([BH-](n3ccc(-c4ccncc4)n3)n3ccc(-c4ccncc4)n3)n2)ccn1. The zero-order chi connectivity index (χ0) is 22.7. The van der Waals surface area contributed by atoms with Crippen LogP contribution in [0, 0.1) is 0 Å². The molecule has 6 aromatic rings. The lowest BCUT2D eigenvalue weighted by Gasteiger charge is -2.26. The maximum Gasteiger partial charge on any atom is 0.326 e. The number of nitrogens with zero attached hydrogens (tertiary/aromatic N) is 9. The molecule has 0 aromatic carbocycles. The van der Waals surface area contributed by atoms with E-state index in [9.17, 15) is 0 Å². The topological polar surface area (TPSA) is 92.1 Å². The summed E-state index contributed by atoms with van der Waals surface area (Å²) in [4.78, 5) is 12.3. The summed E-state index contributed by atoms with van der Waals surface area (Å²) in [5, 5.41) is 14.6. The van der Waals surface area contributed by atoms with Crippen LogP contribution in [0.4, 0.5) is 0 Å². The Hall–Kier alpha value is -4.86. The zero-order valence-electron chi connectivity index (χ0n) is 18.1. The lowest BCUT2D eigenvalue weighted by atomic mass is 9.96. The fraction of sp³-hybridized carbons (Fsp3) is 0. The van der Waals surface area contributed by atoms with E-state index in [-0.39, 0.29) is 0 Å². The van der Waals surface area contributed by atoms with Crippen molar-refractivity contribution >= 4 is 7.12 Å². The van der Waals surface area contributed by atoms with E-state index < -0.39 is 7.12 Å². The van der Waals surface area contributed by atoms with Gasteiger partial charge in [-0.15, -0.1) is 0 Å². The predicted octanol–water partition coefficient (Wildman–Crippen LogP) is 3.12. The number of aromatic nitrogens is 9. The molecule has 0 saturated heterocycles. The summed E-state index contributed by atoms with van der Waals surface area (Å²) in [6.45, 7) is 0. The Balaban J connectivity index is 1.43. The molecule has 0 aliphatic carbocycles. The molecule has 0 bridgehead atoms. The summed E-state index contributed by atoms with van der Waals surface area (Å²) >= 11 is 0. The molecule has 0 atom stereocenters. The first-order valence-electron chi connectivity index (χ1n) is 10.9. The lowest BCUT2D eigenvalue weighted by molar-refractivity contribution is 0.775. The lowest BCUT2D eigenvalue weighted by Crippen LogP contribution is -2.42. The van der Waals surface area contributed by atoms with Crippen molar-refractivity contribution < 1.29 is 0 Å². The molecular weight excluding hydrogens is 425 g/mol. The van der Waals surface area contributed by atoms with Crippen LogP contribution in [0.5, 0.6) is 0 Å². The molecule has 6 rings (SSSR count). The molecule has 0 spiro atoms. The minimum Gasteiger partial charge on any atom is -0.402 e. The van der Waals surface area contributed by atoms with Crippen molar-refractivity contribution in [1.82, 2.24) is 44.0 Å². The van der Waals surface area contributed by atoms with Gasteiger partial charge in [-0.25, -0.2) is 15.3 Å². The number of hydrogen-bond donors (Lipinski definition) is 0. The fourth-order valence-corrected chi connectivity index (χ4v) is 4.03. The maximum atomic E-state index is 4.88. The molecule has 10 heteroatoms. The van der Waals surface area contributed by atoms with Gasteiger partial charge in [0, 0.05) is 53.9 Å². The van der Waals surface area contributed by atoms with E-state index in [0.717, 1.165) is 33.8 Å². The molecular formula is C24H19BN9-. The van der Waals surface area contributed by atoms with Gasteiger partial charge in [0.25, 0.3) is 0 Å². The Morgan fingerprint density at radius 3 is 1.00 bits per heavy atom. The molecule has 0 aliphatic heterocycles. The van der Waals surface area contributed by atoms with Crippen molar-refractivity contribution in [2.45, 2.75) is 0 Å². The van der Waals surface area contributed by atoms with Crippen LogP contribution in [-0.2, 0) is 0 Å². The van der Waals surface area contributed by atoms with Gasteiger partial charge in [0.05, 0.1) is 17.1 Å². The standard InChI is InChI=1S/C24H19BN9/c1-10-26-11-2-19(1)22-7-16-32(29-22)25(33-17-8-23(30-33)20-3-12-27-13-4-20)34-18-9-24(31-34)21-5-14-28-15-6-21/h1-18,25H/q-1. The van der Waals surface area contributed by atoms with Gasteiger partial charge >= 0.3 is 7.12 Å². The van der Waals surface area contributed by atoms with Crippen molar-refractivity contribution in [2.24, 2.45) is 0 Å². The Labute approximate surface area is 195 Å². The van der Waals surface area contributed by atoms with Crippen LogP contribution < -0.4 is 0 Å². The summed E-state index contributed by atoms with van der Waals surface area (Å²) < 4.78 is 5.80. The summed E-state index contributed by atoms with van der Waals surface area (Å²) in [5.41, 5.74) is 5.60. The van der Waals surface area contributed by atoms with Crippen molar-refractivity contribution in [3.63, 3.8) is 0 Å². The average Bonchev–Trinajstić information content (AvgIpc) is 3.68. The van der Waals surface area contributed by atoms with Gasteiger partial charge in [0.1, 0.15) is 0 Å². The van der Waals surface area contributed by atoms with Gasteiger partial charge in [0.2, 0.25) is 0 Å². The number of pyridine rings is 3. The van der Waals surface area contributed by atoms with Crippen LogP contribution in [0.15, 0.2) is 110 Å². The maximum absolute atomic E-state index is 4.88. The molecule has 9 nitrogen and oxygen atoms in total. The van der Waals surface area contributed by atoms with Crippen LogP contribution in [0.2, 0.25) is 0 Å². The molecule has 0 amide bonds. The molecule has 0 aliphatic rings. The molecule has 164 valence electrons. The molecule has 0 fully saturated rings. The summed E-state index contributed by atoms with van der Waals surface area (Å²) in [5.74, 6) is 0. The van der Waals surface area contributed by atoms with Crippen LogP contribution in [-0.4, -0.2) is 51.1 Å².